The zero-order chi connectivity index (χ0) is 22.1. The lowest BCUT2D eigenvalue weighted by Gasteiger charge is -2.38. The van der Waals surface area contributed by atoms with Crippen LogP contribution in [0.25, 0.3) is 0 Å². The first-order valence-corrected chi connectivity index (χ1v) is 11.5. The van der Waals surface area contributed by atoms with Gasteiger partial charge in [0.2, 0.25) is 0 Å². The van der Waals surface area contributed by atoms with Gasteiger partial charge in [-0.15, -0.1) is 0 Å². The Morgan fingerprint density at radius 1 is 0.733 bits per heavy atom. The molecule has 0 unspecified atom stereocenters. The summed E-state index contributed by atoms with van der Waals surface area (Å²) >= 11 is 0. The molecule has 166 valence electrons. The van der Waals surface area contributed by atoms with Crippen molar-refractivity contribution in [3.63, 3.8) is 0 Å². The largest absolute Gasteiger partial charge is 0.459 e. The van der Waals surface area contributed by atoms with Gasteiger partial charge in [0, 0.05) is 0 Å². The van der Waals surface area contributed by atoms with E-state index in [1.54, 1.807) is 24.3 Å². The quantitative estimate of drug-likeness (QED) is 0.533. The highest BCUT2D eigenvalue weighted by molar-refractivity contribution is 6.03. The van der Waals surface area contributed by atoms with Crippen LogP contribution in [0.4, 0.5) is 0 Å². The molecule has 3 rings (SSSR count). The lowest BCUT2D eigenvalue weighted by molar-refractivity contribution is -0.0112. The van der Waals surface area contributed by atoms with Gasteiger partial charge in [-0.2, -0.15) is 0 Å². The Balaban J connectivity index is 1.70. The van der Waals surface area contributed by atoms with Gasteiger partial charge in [-0.25, -0.2) is 9.59 Å². The first kappa shape index (κ1) is 22.8. The Hall–Kier alpha value is -1.84. The number of carbonyl (C=O) groups excluding carboxylic acids is 2. The third-order valence-corrected chi connectivity index (χ3v) is 6.61. The van der Waals surface area contributed by atoms with Gasteiger partial charge >= 0.3 is 11.9 Å². The van der Waals surface area contributed by atoms with Gasteiger partial charge < -0.3 is 9.47 Å². The SMILES string of the molecule is C[C@@H]1C[C@H](OC(=O)c2ccccc2C(=O)O[C@H]2C[C@@H](C)CC(C)(C)C2)CC(C)(C)C1. The second-order valence-corrected chi connectivity index (χ2v) is 11.4. The van der Waals surface area contributed by atoms with E-state index in [-0.39, 0.29) is 23.0 Å². The van der Waals surface area contributed by atoms with Crippen molar-refractivity contribution in [2.45, 2.75) is 92.3 Å². The molecular formula is C26H38O4. The normalized spacial score (nSPS) is 30.3. The van der Waals surface area contributed by atoms with Crippen LogP contribution in [0.2, 0.25) is 0 Å². The van der Waals surface area contributed by atoms with E-state index in [0.29, 0.717) is 23.0 Å². The molecule has 1 aromatic carbocycles. The molecule has 0 aliphatic heterocycles. The van der Waals surface area contributed by atoms with E-state index < -0.39 is 11.9 Å². The third-order valence-electron chi connectivity index (χ3n) is 6.61. The lowest BCUT2D eigenvalue weighted by Crippen LogP contribution is -2.35. The first-order chi connectivity index (χ1) is 13.9. The molecular weight excluding hydrogens is 376 g/mol. The monoisotopic (exact) mass is 414 g/mol. The molecule has 4 atom stereocenters. The maximum Gasteiger partial charge on any atom is 0.339 e. The molecule has 2 aliphatic carbocycles. The maximum atomic E-state index is 13.0. The van der Waals surface area contributed by atoms with E-state index in [1.807, 2.05) is 0 Å². The van der Waals surface area contributed by atoms with Gasteiger partial charge in [0.25, 0.3) is 0 Å². The van der Waals surface area contributed by atoms with E-state index in [0.717, 1.165) is 38.5 Å². The lowest BCUT2D eigenvalue weighted by atomic mass is 9.71. The number of hydrogen-bond donors (Lipinski definition) is 0. The Labute approximate surface area is 181 Å². The van der Waals surface area contributed by atoms with E-state index in [1.165, 1.54) is 0 Å². The van der Waals surface area contributed by atoms with Crippen LogP contribution in [-0.2, 0) is 9.47 Å². The summed E-state index contributed by atoms with van der Waals surface area (Å²) in [6.45, 7) is 13.3. The number of ether oxygens (including phenoxy) is 2. The van der Waals surface area contributed by atoms with Crippen molar-refractivity contribution >= 4 is 11.9 Å². The summed E-state index contributed by atoms with van der Waals surface area (Å²) in [4.78, 5) is 25.9. The Morgan fingerprint density at radius 2 is 1.10 bits per heavy atom. The van der Waals surface area contributed by atoms with Crippen LogP contribution in [-0.4, -0.2) is 24.1 Å². The summed E-state index contributed by atoms with van der Waals surface area (Å²) in [7, 11) is 0. The van der Waals surface area contributed by atoms with Crippen molar-refractivity contribution in [3.8, 4) is 0 Å². The molecule has 0 saturated heterocycles. The average molecular weight is 415 g/mol. The molecule has 4 nitrogen and oxygen atoms in total. The van der Waals surface area contributed by atoms with Crippen LogP contribution >= 0.6 is 0 Å². The van der Waals surface area contributed by atoms with Crippen molar-refractivity contribution in [1.82, 2.24) is 0 Å². The number of carbonyl (C=O) groups is 2. The Bertz CT molecular complexity index is 714. The van der Waals surface area contributed by atoms with Crippen molar-refractivity contribution in [2.75, 3.05) is 0 Å². The van der Waals surface area contributed by atoms with Gasteiger partial charge in [0.1, 0.15) is 12.2 Å². The molecule has 0 aromatic heterocycles. The van der Waals surface area contributed by atoms with Crippen LogP contribution in [0.1, 0.15) is 101 Å². The summed E-state index contributed by atoms with van der Waals surface area (Å²) in [5, 5.41) is 0. The summed E-state index contributed by atoms with van der Waals surface area (Å²) in [5.74, 6) is 0.191. The van der Waals surface area contributed by atoms with Gasteiger partial charge in [-0.1, -0.05) is 53.7 Å². The van der Waals surface area contributed by atoms with E-state index >= 15 is 0 Å². The fourth-order valence-electron chi connectivity index (χ4n) is 5.97. The third kappa shape index (κ3) is 5.86. The zero-order valence-corrected chi connectivity index (χ0v) is 19.5. The summed E-state index contributed by atoms with van der Waals surface area (Å²) in [5.41, 5.74) is 0.931. The first-order valence-electron chi connectivity index (χ1n) is 11.5. The number of esters is 2. The minimum absolute atomic E-state index is 0.111. The van der Waals surface area contributed by atoms with Gasteiger partial charge in [-0.05, 0) is 73.3 Å². The Morgan fingerprint density at radius 3 is 1.43 bits per heavy atom. The summed E-state index contributed by atoms with van der Waals surface area (Å²) in [6, 6.07) is 6.88. The molecule has 0 radical (unpaired) electrons. The fraction of sp³-hybridized carbons (Fsp3) is 0.692. The Kier molecular flexibility index (Phi) is 6.64. The van der Waals surface area contributed by atoms with Gasteiger partial charge in [0.05, 0.1) is 11.1 Å². The molecule has 1 aromatic rings. The molecule has 0 amide bonds. The van der Waals surface area contributed by atoms with Crippen LogP contribution in [0.15, 0.2) is 24.3 Å². The fourth-order valence-corrected chi connectivity index (χ4v) is 5.97. The molecule has 2 saturated carbocycles. The molecule has 30 heavy (non-hydrogen) atoms. The highest BCUT2D eigenvalue weighted by Gasteiger charge is 2.36. The van der Waals surface area contributed by atoms with Crippen LogP contribution in [0.5, 0.6) is 0 Å². The van der Waals surface area contributed by atoms with Crippen molar-refractivity contribution in [3.05, 3.63) is 35.4 Å². The standard InChI is InChI=1S/C26H38O4/c1-17-11-19(15-25(3,4)13-17)29-23(27)21-9-7-8-10-22(21)24(28)30-20-12-18(2)14-26(5,6)16-20/h7-10,17-20H,11-16H2,1-6H3/t17-,18-,19+,20+/m1/s1. The van der Waals surface area contributed by atoms with E-state index in [4.69, 9.17) is 9.47 Å². The predicted octanol–water partition coefficient (Wildman–Crippen LogP) is 6.43. The second kappa shape index (κ2) is 8.72. The predicted molar refractivity (Wildman–Crippen MR) is 118 cm³/mol. The van der Waals surface area contributed by atoms with Gasteiger partial charge in [0.15, 0.2) is 0 Å². The summed E-state index contributed by atoms with van der Waals surface area (Å²) in [6.07, 6.45) is 5.50. The molecule has 2 fully saturated rings. The van der Waals surface area contributed by atoms with Crippen molar-refractivity contribution < 1.29 is 19.1 Å². The van der Waals surface area contributed by atoms with E-state index in [2.05, 4.69) is 41.5 Å². The summed E-state index contributed by atoms with van der Waals surface area (Å²) < 4.78 is 11.7. The highest BCUT2D eigenvalue weighted by Crippen LogP contribution is 2.41. The van der Waals surface area contributed by atoms with Crippen LogP contribution < -0.4 is 0 Å². The number of benzene rings is 1. The zero-order valence-electron chi connectivity index (χ0n) is 19.5. The van der Waals surface area contributed by atoms with E-state index in [9.17, 15) is 9.59 Å². The molecule has 0 N–H and O–H groups in total. The van der Waals surface area contributed by atoms with Crippen molar-refractivity contribution in [2.24, 2.45) is 22.7 Å². The van der Waals surface area contributed by atoms with Gasteiger partial charge in [-0.3, -0.25) is 0 Å². The molecule has 2 aliphatic rings. The topological polar surface area (TPSA) is 52.6 Å². The molecule has 0 spiro atoms. The average Bonchev–Trinajstić information content (AvgIpc) is 2.58. The maximum absolute atomic E-state index is 13.0. The van der Waals surface area contributed by atoms with Crippen molar-refractivity contribution in [1.29, 1.82) is 0 Å². The molecule has 4 heteroatoms. The molecule has 0 heterocycles. The smallest absolute Gasteiger partial charge is 0.339 e. The highest BCUT2D eigenvalue weighted by atomic mass is 16.6. The van der Waals surface area contributed by atoms with Crippen LogP contribution in [0.3, 0.4) is 0 Å². The minimum atomic E-state index is -0.421. The number of hydrogen-bond acceptors (Lipinski definition) is 4. The molecule has 0 bridgehead atoms. The second-order valence-electron chi connectivity index (χ2n) is 11.4. The minimum Gasteiger partial charge on any atom is -0.459 e. The van der Waals surface area contributed by atoms with Crippen LogP contribution in [0, 0.1) is 22.7 Å². The number of rotatable bonds is 4.